The molecule has 128 valence electrons. The van der Waals surface area contributed by atoms with Gasteiger partial charge in [-0.3, -0.25) is 4.79 Å². The first-order chi connectivity index (χ1) is 12.0. The molecule has 9 heteroatoms. The fourth-order valence-electron chi connectivity index (χ4n) is 2.06. The summed E-state index contributed by atoms with van der Waals surface area (Å²) in [6.45, 7) is -0.204. The van der Waals surface area contributed by atoms with Crippen molar-refractivity contribution in [3.05, 3.63) is 63.6 Å². The molecule has 3 rings (SSSR count). The van der Waals surface area contributed by atoms with Crippen LogP contribution in [0.15, 0.2) is 53.5 Å². The predicted octanol–water partition coefficient (Wildman–Crippen LogP) is 4.35. The summed E-state index contributed by atoms with van der Waals surface area (Å²) in [5, 5.41) is 7.70. The summed E-state index contributed by atoms with van der Waals surface area (Å²) in [6.07, 6.45) is 2.96. The Morgan fingerprint density at radius 3 is 2.80 bits per heavy atom. The minimum atomic E-state index is -0.342. The van der Waals surface area contributed by atoms with Crippen LogP contribution < -0.4 is 10.1 Å². The molecule has 1 amide bonds. The SMILES string of the molecule is O=C(COc1ccc(Cl)cc1Cl)Nc1cc(Br)ccc1-n1cncn1. The third-order valence-electron chi connectivity index (χ3n) is 3.15. The summed E-state index contributed by atoms with van der Waals surface area (Å²) in [5.41, 5.74) is 1.24. The van der Waals surface area contributed by atoms with Crippen LogP contribution in [0.3, 0.4) is 0 Å². The number of aromatic nitrogens is 3. The first-order valence-corrected chi connectivity index (χ1v) is 8.60. The van der Waals surface area contributed by atoms with E-state index in [1.54, 1.807) is 35.3 Å². The lowest BCUT2D eigenvalue weighted by Crippen LogP contribution is -2.21. The highest BCUT2D eigenvalue weighted by molar-refractivity contribution is 9.10. The molecule has 0 saturated carbocycles. The summed E-state index contributed by atoms with van der Waals surface area (Å²) in [5.74, 6) is 0.0393. The molecule has 3 aromatic rings. The number of rotatable bonds is 5. The molecule has 0 aliphatic rings. The number of nitrogens with one attached hydrogen (secondary N) is 1. The van der Waals surface area contributed by atoms with E-state index in [2.05, 4.69) is 31.3 Å². The molecule has 0 aliphatic heterocycles. The highest BCUT2D eigenvalue weighted by atomic mass is 79.9. The standard InChI is InChI=1S/C16H11BrCl2N4O2/c17-10-1-3-14(23-9-20-8-21-23)13(5-10)22-16(24)7-25-15-4-2-11(18)6-12(15)19/h1-6,8-9H,7H2,(H,22,24). The topological polar surface area (TPSA) is 69.0 Å². The Hall–Kier alpha value is -2.09. The number of halogens is 3. The number of carbonyl (C=O) groups excluding carboxylic acids is 1. The van der Waals surface area contributed by atoms with E-state index in [1.807, 2.05) is 12.1 Å². The van der Waals surface area contributed by atoms with Crippen LogP contribution in [0.4, 0.5) is 5.69 Å². The first-order valence-electron chi connectivity index (χ1n) is 7.05. The maximum atomic E-state index is 12.2. The van der Waals surface area contributed by atoms with Gasteiger partial charge in [-0.2, -0.15) is 5.10 Å². The molecule has 6 nitrogen and oxygen atoms in total. The lowest BCUT2D eigenvalue weighted by molar-refractivity contribution is -0.118. The van der Waals surface area contributed by atoms with E-state index in [0.717, 1.165) is 4.47 Å². The largest absolute Gasteiger partial charge is 0.482 e. The molecule has 25 heavy (non-hydrogen) atoms. The van der Waals surface area contributed by atoms with Gasteiger partial charge in [0.1, 0.15) is 18.4 Å². The van der Waals surface area contributed by atoms with Crippen LogP contribution >= 0.6 is 39.1 Å². The smallest absolute Gasteiger partial charge is 0.262 e. The highest BCUT2D eigenvalue weighted by Crippen LogP contribution is 2.28. The summed E-state index contributed by atoms with van der Waals surface area (Å²) in [7, 11) is 0. The van der Waals surface area contributed by atoms with Crippen molar-refractivity contribution in [1.82, 2.24) is 14.8 Å². The zero-order chi connectivity index (χ0) is 17.8. The van der Waals surface area contributed by atoms with Crippen molar-refractivity contribution in [3.8, 4) is 11.4 Å². The Labute approximate surface area is 161 Å². The summed E-state index contributed by atoms with van der Waals surface area (Å²) < 4.78 is 7.81. The van der Waals surface area contributed by atoms with Gasteiger partial charge in [-0.1, -0.05) is 39.1 Å². The number of anilines is 1. The second-order valence-electron chi connectivity index (χ2n) is 4.91. The predicted molar refractivity (Wildman–Crippen MR) is 99.6 cm³/mol. The number of nitrogens with zero attached hydrogens (tertiary/aromatic N) is 3. The van der Waals surface area contributed by atoms with Crippen molar-refractivity contribution >= 4 is 50.7 Å². The Morgan fingerprint density at radius 2 is 2.08 bits per heavy atom. The minimum absolute atomic E-state index is 0.204. The van der Waals surface area contributed by atoms with Gasteiger partial charge < -0.3 is 10.1 Å². The minimum Gasteiger partial charge on any atom is -0.482 e. The van der Waals surface area contributed by atoms with Crippen molar-refractivity contribution in [1.29, 1.82) is 0 Å². The molecule has 0 radical (unpaired) electrons. The quantitative estimate of drug-likeness (QED) is 0.638. The van der Waals surface area contributed by atoms with Crippen LogP contribution in [0.5, 0.6) is 5.75 Å². The van der Waals surface area contributed by atoms with Gasteiger partial charge in [-0.25, -0.2) is 9.67 Å². The number of hydrogen-bond donors (Lipinski definition) is 1. The molecule has 0 atom stereocenters. The number of benzene rings is 2. The third-order valence-corrected chi connectivity index (χ3v) is 4.17. The summed E-state index contributed by atoms with van der Waals surface area (Å²) in [6, 6.07) is 10.2. The van der Waals surface area contributed by atoms with E-state index < -0.39 is 0 Å². The zero-order valence-electron chi connectivity index (χ0n) is 12.6. The fraction of sp³-hybridized carbons (Fsp3) is 0.0625. The van der Waals surface area contributed by atoms with Crippen molar-refractivity contribution in [2.75, 3.05) is 11.9 Å². The number of ether oxygens (including phenoxy) is 1. The molecule has 2 aromatic carbocycles. The maximum absolute atomic E-state index is 12.2. The Bertz CT molecular complexity index is 903. The number of carbonyl (C=O) groups is 1. The van der Waals surface area contributed by atoms with Crippen molar-refractivity contribution in [2.24, 2.45) is 0 Å². The lowest BCUT2D eigenvalue weighted by Gasteiger charge is -2.12. The van der Waals surface area contributed by atoms with Gasteiger partial charge in [0.15, 0.2) is 6.61 Å². The zero-order valence-corrected chi connectivity index (χ0v) is 15.7. The number of hydrogen-bond acceptors (Lipinski definition) is 4. The van der Waals surface area contributed by atoms with E-state index >= 15 is 0 Å². The van der Waals surface area contributed by atoms with Gasteiger partial charge in [0.05, 0.1) is 16.4 Å². The van der Waals surface area contributed by atoms with Gasteiger partial charge in [-0.05, 0) is 36.4 Å². The Morgan fingerprint density at radius 1 is 1.24 bits per heavy atom. The van der Waals surface area contributed by atoms with Gasteiger partial charge >= 0.3 is 0 Å². The normalized spacial score (nSPS) is 10.5. The second-order valence-corrected chi connectivity index (χ2v) is 6.67. The lowest BCUT2D eigenvalue weighted by atomic mass is 10.2. The van der Waals surface area contributed by atoms with Crippen LogP contribution in [-0.4, -0.2) is 27.3 Å². The van der Waals surface area contributed by atoms with E-state index in [1.165, 1.54) is 6.33 Å². The van der Waals surface area contributed by atoms with Crippen LogP contribution in [0.2, 0.25) is 10.0 Å². The molecule has 0 spiro atoms. The molecular formula is C16H11BrCl2N4O2. The molecular weight excluding hydrogens is 431 g/mol. The Balaban J connectivity index is 1.72. The van der Waals surface area contributed by atoms with Crippen LogP contribution in [0.25, 0.3) is 5.69 Å². The summed E-state index contributed by atoms with van der Waals surface area (Å²) in [4.78, 5) is 16.1. The van der Waals surface area contributed by atoms with Gasteiger partial charge in [0, 0.05) is 9.50 Å². The highest BCUT2D eigenvalue weighted by Gasteiger charge is 2.11. The first kappa shape index (κ1) is 17.7. The van der Waals surface area contributed by atoms with E-state index in [0.29, 0.717) is 27.2 Å². The van der Waals surface area contributed by atoms with Gasteiger partial charge in [0.25, 0.3) is 5.91 Å². The Kier molecular flexibility index (Phi) is 5.57. The van der Waals surface area contributed by atoms with E-state index in [9.17, 15) is 4.79 Å². The average molecular weight is 442 g/mol. The van der Waals surface area contributed by atoms with E-state index in [4.69, 9.17) is 27.9 Å². The van der Waals surface area contributed by atoms with Crippen molar-refractivity contribution in [2.45, 2.75) is 0 Å². The van der Waals surface area contributed by atoms with Crippen LogP contribution in [0.1, 0.15) is 0 Å². The monoisotopic (exact) mass is 440 g/mol. The summed E-state index contributed by atoms with van der Waals surface area (Å²) >= 11 is 15.2. The molecule has 1 aromatic heterocycles. The molecule has 1 N–H and O–H groups in total. The number of amides is 1. The van der Waals surface area contributed by atoms with Crippen LogP contribution in [0, 0.1) is 0 Å². The molecule has 0 fully saturated rings. The molecule has 1 heterocycles. The maximum Gasteiger partial charge on any atom is 0.262 e. The van der Waals surface area contributed by atoms with E-state index in [-0.39, 0.29) is 12.5 Å². The van der Waals surface area contributed by atoms with Gasteiger partial charge in [0.2, 0.25) is 0 Å². The molecule has 0 unspecified atom stereocenters. The average Bonchev–Trinajstić information content (AvgIpc) is 3.08. The third kappa shape index (κ3) is 4.50. The van der Waals surface area contributed by atoms with Crippen molar-refractivity contribution < 1.29 is 9.53 Å². The fourth-order valence-corrected chi connectivity index (χ4v) is 2.89. The van der Waals surface area contributed by atoms with Crippen molar-refractivity contribution in [3.63, 3.8) is 0 Å². The molecule has 0 saturated heterocycles. The van der Waals surface area contributed by atoms with Crippen LogP contribution in [-0.2, 0) is 4.79 Å². The molecule has 0 bridgehead atoms. The molecule has 0 aliphatic carbocycles. The second kappa shape index (κ2) is 7.86. The van der Waals surface area contributed by atoms with Gasteiger partial charge in [-0.15, -0.1) is 0 Å².